The first-order chi connectivity index (χ1) is 13.5. The van der Waals surface area contributed by atoms with Crippen LogP contribution in [-0.2, 0) is 6.42 Å². The van der Waals surface area contributed by atoms with Crippen LogP contribution in [0.2, 0.25) is 0 Å². The number of likely N-dealkylation sites (tertiary alicyclic amines) is 1. The lowest BCUT2D eigenvalue weighted by molar-refractivity contribution is 0.0685. The van der Waals surface area contributed by atoms with Crippen molar-refractivity contribution in [2.24, 2.45) is 5.92 Å². The van der Waals surface area contributed by atoms with Crippen LogP contribution in [-0.4, -0.2) is 34.0 Å². The Morgan fingerprint density at radius 1 is 1.11 bits per heavy atom. The van der Waals surface area contributed by atoms with E-state index in [9.17, 15) is 14.7 Å². The third-order valence-electron chi connectivity index (χ3n) is 5.59. The zero-order valence-electron chi connectivity index (χ0n) is 15.9. The van der Waals surface area contributed by atoms with Gasteiger partial charge in [0.2, 0.25) is 0 Å². The van der Waals surface area contributed by atoms with E-state index in [1.54, 1.807) is 6.07 Å². The van der Waals surface area contributed by atoms with Gasteiger partial charge in [0.15, 0.2) is 5.43 Å². The number of fused-ring (bicyclic) bond motifs is 1. The number of nitrogens with one attached hydrogen (secondary N) is 1. The molecule has 0 atom stereocenters. The van der Waals surface area contributed by atoms with Crippen LogP contribution in [0.25, 0.3) is 10.9 Å². The van der Waals surface area contributed by atoms with Gasteiger partial charge < -0.3 is 15.0 Å². The molecule has 2 N–H and O–H groups in total. The number of amides is 1. The Kier molecular flexibility index (Phi) is 4.90. The predicted octanol–water partition coefficient (Wildman–Crippen LogP) is 3.64. The molecule has 144 valence electrons. The SMILES string of the molecule is Cc1ccc(CC2CCN(C(=O)c3cc(=O)c4cc(O)ccc4[nH]3)CC2)cc1. The molecule has 5 heteroatoms. The van der Waals surface area contributed by atoms with Crippen molar-refractivity contribution < 1.29 is 9.90 Å². The molecule has 0 radical (unpaired) electrons. The maximum atomic E-state index is 12.9. The fourth-order valence-corrected chi connectivity index (χ4v) is 3.92. The van der Waals surface area contributed by atoms with E-state index in [1.807, 2.05) is 4.90 Å². The van der Waals surface area contributed by atoms with Gasteiger partial charge in [-0.15, -0.1) is 0 Å². The number of carbonyl (C=O) groups is 1. The Labute approximate surface area is 163 Å². The molecule has 3 aromatic rings. The fourth-order valence-electron chi connectivity index (χ4n) is 3.92. The number of hydrogen-bond donors (Lipinski definition) is 2. The summed E-state index contributed by atoms with van der Waals surface area (Å²) in [4.78, 5) is 30.1. The maximum Gasteiger partial charge on any atom is 0.270 e. The molecule has 1 aromatic heterocycles. The van der Waals surface area contributed by atoms with Crippen LogP contribution >= 0.6 is 0 Å². The first-order valence-corrected chi connectivity index (χ1v) is 9.70. The Bertz CT molecular complexity index is 1060. The summed E-state index contributed by atoms with van der Waals surface area (Å²) in [7, 11) is 0. The molecule has 0 unspecified atom stereocenters. The molecule has 0 saturated carbocycles. The second kappa shape index (κ2) is 7.50. The van der Waals surface area contributed by atoms with Crippen molar-refractivity contribution in [1.29, 1.82) is 0 Å². The van der Waals surface area contributed by atoms with Gasteiger partial charge in [-0.25, -0.2) is 0 Å². The topological polar surface area (TPSA) is 73.4 Å². The Morgan fingerprint density at radius 3 is 2.54 bits per heavy atom. The van der Waals surface area contributed by atoms with E-state index in [-0.39, 0.29) is 17.1 Å². The molecule has 0 aliphatic carbocycles. The summed E-state index contributed by atoms with van der Waals surface area (Å²) in [5.74, 6) is 0.471. The van der Waals surface area contributed by atoms with Gasteiger partial charge in [0.1, 0.15) is 11.4 Å². The number of aromatic nitrogens is 1. The summed E-state index contributed by atoms with van der Waals surface area (Å²) in [5.41, 5.74) is 3.21. The number of phenolic OH excluding ortho intramolecular Hbond substituents is 1. The highest BCUT2D eigenvalue weighted by atomic mass is 16.3. The summed E-state index contributed by atoms with van der Waals surface area (Å²) in [6.45, 7) is 3.49. The number of pyridine rings is 1. The van der Waals surface area contributed by atoms with Gasteiger partial charge in [0.05, 0.1) is 5.52 Å². The van der Waals surface area contributed by atoms with E-state index in [1.165, 1.54) is 29.3 Å². The summed E-state index contributed by atoms with van der Waals surface area (Å²) < 4.78 is 0. The maximum absolute atomic E-state index is 12.9. The Balaban J connectivity index is 1.44. The summed E-state index contributed by atoms with van der Waals surface area (Å²) in [5, 5.41) is 9.94. The van der Waals surface area contributed by atoms with E-state index in [4.69, 9.17) is 0 Å². The lowest BCUT2D eigenvalue weighted by Gasteiger charge is -2.32. The summed E-state index contributed by atoms with van der Waals surface area (Å²) >= 11 is 0. The molecular weight excluding hydrogens is 352 g/mol. The Hall–Kier alpha value is -3.08. The third-order valence-corrected chi connectivity index (χ3v) is 5.59. The van der Waals surface area contributed by atoms with Crippen LogP contribution in [0, 0.1) is 12.8 Å². The van der Waals surface area contributed by atoms with Crippen LogP contribution in [0.3, 0.4) is 0 Å². The number of carbonyl (C=O) groups excluding carboxylic acids is 1. The van der Waals surface area contributed by atoms with Crippen LogP contribution < -0.4 is 5.43 Å². The largest absolute Gasteiger partial charge is 0.508 e. The number of aromatic hydroxyl groups is 1. The number of phenols is 1. The average molecular weight is 376 g/mol. The molecule has 2 heterocycles. The minimum atomic E-state index is -0.262. The lowest BCUT2D eigenvalue weighted by atomic mass is 9.90. The third kappa shape index (κ3) is 3.79. The van der Waals surface area contributed by atoms with Gasteiger partial charge in [0, 0.05) is 24.5 Å². The number of H-pyrrole nitrogens is 1. The number of hydrogen-bond acceptors (Lipinski definition) is 3. The van der Waals surface area contributed by atoms with Crippen molar-refractivity contribution in [2.45, 2.75) is 26.2 Å². The highest BCUT2D eigenvalue weighted by Gasteiger charge is 2.24. The molecule has 5 nitrogen and oxygen atoms in total. The van der Waals surface area contributed by atoms with E-state index in [0.29, 0.717) is 35.6 Å². The van der Waals surface area contributed by atoms with Crippen LogP contribution in [0.15, 0.2) is 53.3 Å². The number of aromatic amines is 1. The molecule has 1 aliphatic rings. The molecule has 0 bridgehead atoms. The second-order valence-corrected chi connectivity index (χ2v) is 7.70. The number of rotatable bonds is 3. The number of nitrogens with zero attached hydrogens (tertiary/aromatic N) is 1. The molecule has 0 spiro atoms. The van der Waals surface area contributed by atoms with Gasteiger partial charge in [-0.1, -0.05) is 29.8 Å². The van der Waals surface area contributed by atoms with Crippen molar-refractivity contribution >= 4 is 16.8 Å². The van der Waals surface area contributed by atoms with E-state index >= 15 is 0 Å². The number of benzene rings is 2. The summed E-state index contributed by atoms with van der Waals surface area (Å²) in [6, 6.07) is 14.5. The molecule has 1 fully saturated rings. The number of aryl methyl sites for hydroxylation is 1. The molecule has 1 amide bonds. The average Bonchev–Trinajstić information content (AvgIpc) is 2.70. The lowest BCUT2D eigenvalue weighted by Crippen LogP contribution is -2.39. The first kappa shape index (κ1) is 18.3. The summed E-state index contributed by atoms with van der Waals surface area (Å²) in [6.07, 6.45) is 2.97. The molecule has 4 rings (SSSR count). The monoisotopic (exact) mass is 376 g/mol. The highest BCUT2D eigenvalue weighted by Crippen LogP contribution is 2.23. The standard InChI is InChI=1S/C23H24N2O3/c1-15-2-4-16(5-3-15)12-17-8-10-25(11-9-17)23(28)21-14-22(27)19-13-18(26)6-7-20(19)24-21/h2-7,13-14,17,26H,8-12H2,1H3,(H,24,27). The minimum absolute atomic E-state index is 0.0349. The smallest absolute Gasteiger partial charge is 0.270 e. The first-order valence-electron chi connectivity index (χ1n) is 9.70. The van der Waals surface area contributed by atoms with E-state index < -0.39 is 0 Å². The number of piperidine rings is 1. The van der Waals surface area contributed by atoms with Crippen molar-refractivity contribution in [3.05, 3.63) is 75.6 Å². The fraction of sp³-hybridized carbons (Fsp3) is 0.304. The molecule has 1 aliphatic heterocycles. The van der Waals surface area contributed by atoms with Gasteiger partial charge in [-0.2, -0.15) is 0 Å². The van der Waals surface area contributed by atoms with Gasteiger partial charge in [-0.05, 0) is 55.9 Å². The quantitative estimate of drug-likeness (QED) is 0.733. The highest BCUT2D eigenvalue weighted by molar-refractivity contribution is 5.95. The van der Waals surface area contributed by atoms with Crippen molar-refractivity contribution in [3.63, 3.8) is 0 Å². The molecular formula is C23H24N2O3. The van der Waals surface area contributed by atoms with Crippen molar-refractivity contribution in [3.8, 4) is 5.75 Å². The van der Waals surface area contributed by atoms with Crippen LogP contribution in [0.1, 0.15) is 34.5 Å². The zero-order chi connectivity index (χ0) is 19.7. The van der Waals surface area contributed by atoms with Crippen LogP contribution in [0.5, 0.6) is 5.75 Å². The molecule has 28 heavy (non-hydrogen) atoms. The molecule has 2 aromatic carbocycles. The van der Waals surface area contributed by atoms with Gasteiger partial charge in [0.25, 0.3) is 5.91 Å². The van der Waals surface area contributed by atoms with Gasteiger partial charge >= 0.3 is 0 Å². The normalized spacial score (nSPS) is 15.1. The Morgan fingerprint density at radius 2 is 1.82 bits per heavy atom. The van der Waals surface area contributed by atoms with Crippen molar-refractivity contribution in [1.82, 2.24) is 9.88 Å². The zero-order valence-corrected chi connectivity index (χ0v) is 15.9. The molecule has 1 saturated heterocycles. The van der Waals surface area contributed by atoms with Crippen molar-refractivity contribution in [2.75, 3.05) is 13.1 Å². The van der Waals surface area contributed by atoms with E-state index in [2.05, 4.69) is 36.2 Å². The predicted molar refractivity (Wildman–Crippen MR) is 110 cm³/mol. The van der Waals surface area contributed by atoms with E-state index in [0.717, 1.165) is 19.3 Å². The minimum Gasteiger partial charge on any atom is -0.508 e. The van der Waals surface area contributed by atoms with Gasteiger partial charge in [-0.3, -0.25) is 9.59 Å². The second-order valence-electron chi connectivity index (χ2n) is 7.70. The van der Waals surface area contributed by atoms with Crippen LogP contribution in [0.4, 0.5) is 0 Å².